The van der Waals surface area contributed by atoms with Crippen molar-refractivity contribution in [3.63, 3.8) is 0 Å². The van der Waals surface area contributed by atoms with E-state index in [-0.39, 0.29) is 11.9 Å². The molecule has 0 aliphatic heterocycles. The van der Waals surface area contributed by atoms with E-state index in [4.69, 9.17) is 23.2 Å². The molecule has 0 saturated heterocycles. The Bertz CT molecular complexity index is 578. The molecule has 2 aromatic carbocycles. The van der Waals surface area contributed by atoms with Gasteiger partial charge in [0, 0.05) is 4.47 Å². The first kappa shape index (κ1) is 15.6. The van der Waals surface area contributed by atoms with E-state index in [1.165, 1.54) is 12.1 Å². The molecule has 1 unspecified atom stereocenters. The normalized spacial score (nSPS) is 12.2. The molecule has 0 amide bonds. The van der Waals surface area contributed by atoms with Crippen LogP contribution in [0.5, 0.6) is 0 Å². The summed E-state index contributed by atoms with van der Waals surface area (Å²) in [6, 6.07) is 10.0. The highest BCUT2D eigenvalue weighted by Gasteiger charge is 2.14. The van der Waals surface area contributed by atoms with Crippen molar-refractivity contribution >= 4 is 44.8 Å². The number of anilines is 1. The van der Waals surface area contributed by atoms with Gasteiger partial charge in [0.05, 0.1) is 21.8 Å². The predicted molar refractivity (Wildman–Crippen MR) is 87.2 cm³/mol. The monoisotopic (exact) mass is 375 g/mol. The molecule has 106 valence electrons. The number of benzene rings is 2. The second-order valence-electron chi connectivity index (χ2n) is 4.40. The zero-order chi connectivity index (χ0) is 14.7. The smallest absolute Gasteiger partial charge is 0.123 e. The van der Waals surface area contributed by atoms with Crippen LogP contribution in [0.25, 0.3) is 0 Å². The molecule has 2 rings (SSSR count). The summed E-state index contributed by atoms with van der Waals surface area (Å²) < 4.78 is 13.8. The van der Waals surface area contributed by atoms with Crippen LogP contribution in [0.15, 0.2) is 40.9 Å². The van der Waals surface area contributed by atoms with Crippen molar-refractivity contribution in [2.24, 2.45) is 0 Å². The van der Waals surface area contributed by atoms with Crippen molar-refractivity contribution in [2.45, 2.75) is 19.4 Å². The maximum Gasteiger partial charge on any atom is 0.123 e. The molecule has 5 heteroatoms. The molecule has 0 aromatic heterocycles. The molecule has 0 spiro atoms. The second kappa shape index (κ2) is 6.79. The lowest BCUT2D eigenvalue weighted by Crippen LogP contribution is -2.10. The molecule has 0 radical (unpaired) electrons. The zero-order valence-electron chi connectivity index (χ0n) is 10.8. The fraction of sp³-hybridized carbons (Fsp3) is 0.200. The Morgan fingerprint density at radius 1 is 1.15 bits per heavy atom. The zero-order valence-corrected chi connectivity index (χ0v) is 13.9. The predicted octanol–water partition coefficient (Wildman–Crippen LogP) is 6.46. The van der Waals surface area contributed by atoms with Crippen molar-refractivity contribution in [3.8, 4) is 0 Å². The Hall–Kier alpha value is -0.770. The highest BCUT2D eigenvalue weighted by Crippen LogP contribution is 2.36. The van der Waals surface area contributed by atoms with Crippen molar-refractivity contribution in [1.82, 2.24) is 0 Å². The Morgan fingerprint density at radius 3 is 2.20 bits per heavy atom. The summed E-state index contributed by atoms with van der Waals surface area (Å²) in [5.74, 6) is -0.247. The van der Waals surface area contributed by atoms with Crippen LogP contribution in [-0.2, 0) is 0 Å². The Labute approximate surface area is 136 Å². The molecule has 0 fully saturated rings. The lowest BCUT2D eigenvalue weighted by Gasteiger charge is -2.20. The summed E-state index contributed by atoms with van der Waals surface area (Å²) in [6.07, 6.45) is 0.828. The van der Waals surface area contributed by atoms with E-state index >= 15 is 0 Å². The molecule has 0 heterocycles. The van der Waals surface area contributed by atoms with Gasteiger partial charge in [0.25, 0.3) is 0 Å². The van der Waals surface area contributed by atoms with Gasteiger partial charge in [-0.15, -0.1) is 0 Å². The van der Waals surface area contributed by atoms with Crippen LogP contribution in [-0.4, -0.2) is 0 Å². The van der Waals surface area contributed by atoms with Gasteiger partial charge in [-0.25, -0.2) is 4.39 Å². The molecule has 1 atom stereocenters. The maximum atomic E-state index is 13.0. The van der Waals surface area contributed by atoms with Gasteiger partial charge in [-0.1, -0.05) is 58.2 Å². The van der Waals surface area contributed by atoms with Gasteiger partial charge >= 0.3 is 0 Å². The van der Waals surface area contributed by atoms with Crippen LogP contribution >= 0.6 is 39.1 Å². The Morgan fingerprint density at radius 2 is 1.70 bits per heavy atom. The van der Waals surface area contributed by atoms with Crippen LogP contribution in [0.4, 0.5) is 10.1 Å². The van der Waals surface area contributed by atoms with Gasteiger partial charge in [0.2, 0.25) is 0 Å². The van der Waals surface area contributed by atoms with Gasteiger partial charge in [-0.3, -0.25) is 0 Å². The van der Waals surface area contributed by atoms with E-state index in [0.29, 0.717) is 15.7 Å². The molecule has 0 aliphatic rings. The molecule has 2 aromatic rings. The number of rotatable bonds is 4. The van der Waals surface area contributed by atoms with Crippen LogP contribution in [0.3, 0.4) is 0 Å². The lowest BCUT2D eigenvalue weighted by molar-refractivity contribution is 0.625. The SMILES string of the molecule is CCC(Nc1c(Cl)cc(Br)cc1Cl)c1ccc(F)cc1. The van der Waals surface area contributed by atoms with E-state index in [1.807, 2.05) is 6.92 Å². The highest BCUT2D eigenvalue weighted by atomic mass is 79.9. The largest absolute Gasteiger partial charge is 0.376 e. The summed E-state index contributed by atoms with van der Waals surface area (Å²) in [5, 5.41) is 4.41. The van der Waals surface area contributed by atoms with Gasteiger partial charge in [-0.05, 0) is 36.2 Å². The van der Waals surface area contributed by atoms with E-state index in [0.717, 1.165) is 16.5 Å². The molecule has 0 bridgehead atoms. The maximum absolute atomic E-state index is 13.0. The highest BCUT2D eigenvalue weighted by molar-refractivity contribution is 9.10. The van der Waals surface area contributed by atoms with E-state index in [9.17, 15) is 4.39 Å². The summed E-state index contributed by atoms with van der Waals surface area (Å²) in [6.45, 7) is 2.04. The fourth-order valence-electron chi connectivity index (χ4n) is 1.97. The minimum absolute atomic E-state index is 0.0202. The average molecular weight is 377 g/mol. The number of hydrogen-bond acceptors (Lipinski definition) is 1. The third-order valence-corrected chi connectivity index (χ3v) is 4.06. The minimum Gasteiger partial charge on any atom is -0.376 e. The van der Waals surface area contributed by atoms with E-state index in [1.54, 1.807) is 24.3 Å². The standard InChI is InChI=1S/C15H13BrCl2FN/c1-2-14(9-3-5-11(19)6-4-9)20-15-12(17)7-10(16)8-13(15)18/h3-8,14,20H,2H2,1H3. The van der Waals surface area contributed by atoms with Gasteiger partial charge in [-0.2, -0.15) is 0 Å². The van der Waals surface area contributed by atoms with Crippen molar-refractivity contribution in [3.05, 3.63) is 62.3 Å². The third kappa shape index (κ3) is 3.66. The first-order valence-electron chi connectivity index (χ1n) is 6.17. The molecule has 1 N–H and O–H groups in total. The molecular formula is C15H13BrCl2FN. The summed E-state index contributed by atoms with van der Waals surface area (Å²) in [7, 11) is 0. The minimum atomic E-state index is -0.247. The third-order valence-electron chi connectivity index (χ3n) is 3.01. The summed E-state index contributed by atoms with van der Waals surface area (Å²) in [5.41, 5.74) is 1.68. The molecule has 1 nitrogen and oxygen atoms in total. The van der Waals surface area contributed by atoms with Gasteiger partial charge in [0.15, 0.2) is 0 Å². The molecule has 0 aliphatic carbocycles. The topological polar surface area (TPSA) is 12.0 Å². The van der Waals surface area contributed by atoms with Crippen molar-refractivity contribution in [2.75, 3.05) is 5.32 Å². The van der Waals surface area contributed by atoms with Crippen molar-refractivity contribution < 1.29 is 4.39 Å². The van der Waals surface area contributed by atoms with Crippen LogP contribution < -0.4 is 5.32 Å². The average Bonchev–Trinajstić information content (AvgIpc) is 2.39. The van der Waals surface area contributed by atoms with E-state index in [2.05, 4.69) is 21.2 Å². The first-order valence-corrected chi connectivity index (χ1v) is 7.72. The second-order valence-corrected chi connectivity index (χ2v) is 6.13. The van der Waals surface area contributed by atoms with Crippen LogP contribution in [0, 0.1) is 5.82 Å². The lowest BCUT2D eigenvalue weighted by atomic mass is 10.0. The first-order chi connectivity index (χ1) is 9.51. The van der Waals surface area contributed by atoms with Gasteiger partial charge < -0.3 is 5.32 Å². The van der Waals surface area contributed by atoms with E-state index < -0.39 is 0 Å². The summed E-state index contributed by atoms with van der Waals surface area (Å²) in [4.78, 5) is 0. The van der Waals surface area contributed by atoms with Crippen LogP contribution in [0.1, 0.15) is 24.9 Å². The molecular weight excluding hydrogens is 364 g/mol. The van der Waals surface area contributed by atoms with Gasteiger partial charge in [0.1, 0.15) is 5.82 Å². The number of hydrogen-bond donors (Lipinski definition) is 1. The summed E-state index contributed by atoms with van der Waals surface area (Å²) >= 11 is 15.8. The van der Waals surface area contributed by atoms with Crippen molar-refractivity contribution in [1.29, 1.82) is 0 Å². The molecule has 0 saturated carbocycles. The fourth-order valence-corrected chi connectivity index (χ4v) is 3.29. The quantitative estimate of drug-likeness (QED) is 0.645. The number of nitrogens with one attached hydrogen (secondary N) is 1. The van der Waals surface area contributed by atoms with Crippen LogP contribution in [0.2, 0.25) is 10.0 Å². The molecule has 20 heavy (non-hydrogen) atoms. The Balaban J connectivity index is 2.29. The number of halogens is 4. The Kier molecular flexibility index (Phi) is 5.30.